The van der Waals surface area contributed by atoms with Crippen molar-refractivity contribution in [3.05, 3.63) is 101 Å². The third kappa shape index (κ3) is 3.05. The van der Waals surface area contributed by atoms with Gasteiger partial charge in [-0.2, -0.15) is 0 Å². The van der Waals surface area contributed by atoms with Gasteiger partial charge in [0.2, 0.25) is 0 Å². The number of rotatable bonds is 4. The number of amides is 3. The molecule has 28 heavy (non-hydrogen) atoms. The Morgan fingerprint density at radius 2 is 1.39 bits per heavy atom. The molecule has 4 rings (SSSR count). The highest BCUT2D eigenvalue weighted by Gasteiger charge is 2.37. The lowest BCUT2D eigenvalue weighted by Crippen LogP contribution is -2.32. The molecule has 1 N–H and O–H groups in total. The summed E-state index contributed by atoms with van der Waals surface area (Å²) in [6.07, 6.45) is 0. The van der Waals surface area contributed by atoms with Crippen molar-refractivity contribution in [2.45, 2.75) is 6.54 Å². The summed E-state index contributed by atoms with van der Waals surface area (Å²) < 4.78 is 13.0. The summed E-state index contributed by atoms with van der Waals surface area (Å²) in [5.74, 6) is -1.71. The molecule has 0 spiro atoms. The number of hydrogen-bond acceptors (Lipinski definition) is 3. The van der Waals surface area contributed by atoms with Gasteiger partial charge < -0.3 is 5.32 Å². The highest BCUT2D eigenvalue weighted by molar-refractivity contribution is 6.35. The molecule has 0 fully saturated rings. The third-order valence-corrected chi connectivity index (χ3v) is 4.55. The van der Waals surface area contributed by atoms with E-state index >= 15 is 0 Å². The van der Waals surface area contributed by atoms with Crippen LogP contribution in [0.15, 0.2) is 72.8 Å². The van der Waals surface area contributed by atoms with Crippen molar-refractivity contribution in [2.24, 2.45) is 0 Å². The van der Waals surface area contributed by atoms with E-state index in [2.05, 4.69) is 5.32 Å². The Hall–Kier alpha value is -3.80. The van der Waals surface area contributed by atoms with E-state index in [1.54, 1.807) is 60.7 Å². The Labute approximate surface area is 160 Å². The summed E-state index contributed by atoms with van der Waals surface area (Å²) in [6.45, 7) is 0.190. The van der Waals surface area contributed by atoms with Crippen LogP contribution in [-0.2, 0) is 6.54 Å². The van der Waals surface area contributed by atoms with Gasteiger partial charge in [0.05, 0.1) is 22.4 Å². The van der Waals surface area contributed by atoms with E-state index in [-0.39, 0.29) is 23.6 Å². The second-order valence-electron chi connectivity index (χ2n) is 6.32. The van der Waals surface area contributed by atoms with E-state index in [9.17, 15) is 18.8 Å². The van der Waals surface area contributed by atoms with Crippen LogP contribution < -0.4 is 10.2 Å². The molecule has 0 aromatic heterocycles. The van der Waals surface area contributed by atoms with Crippen molar-refractivity contribution in [1.82, 2.24) is 5.32 Å². The number of nitrogens with zero attached hydrogens (tertiary/aromatic N) is 1. The second-order valence-corrected chi connectivity index (χ2v) is 6.32. The fraction of sp³-hybridized carbons (Fsp3) is 0.0455. The van der Waals surface area contributed by atoms with Gasteiger partial charge in [-0.25, -0.2) is 9.29 Å². The average molecular weight is 374 g/mol. The molecule has 0 aliphatic carbocycles. The highest BCUT2D eigenvalue weighted by atomic mass is 19.1. The Balaban J connectivity index is 1.61. The largest absolute Gasteiger partial charge is 0.348 e. The highest BCUT2D eigenvalue weighted by Crippen LogP contribution is 2.30. The number of fused-ring (bicyclic) bond motifs is 1. The van der Waals surface area contributed by atoms with Crippen LogP contribution in [0.3, 0.4) is 0 Å². The summed E-state index contributed by atoms with van der Waals surface area (Å²) in [5.41, 5.74) is 1.79. The molecule has 138 valence electrons. The lowest BCUT2D eigenvalue weighted by molar-refractivity contribution is 0.0926. The van der Waals surface area contributed by atoms with E-state index in [1.165, 1.54) is 12.1 Å². The number of hydrogen-bond donors (Lipinski definition) is 1. The van der Waals surface area contributed by atoms with Crippen LogP contribution in [-0.4, -0.2) is 17.7 Å². The standard InChI is InChI=1S/C22H15FN2O3/c23-15-11-9-14(10-12-15)13-24-20(26)18-7-3-4-8-19(18)25-21(27)16-5-1-2-6-17(16)22(25)28/h1-12H,13H2,(H,24,26). The minimum Gasteiger partial charge on any atom is -0.348 e. The molecule has 0 saturated carbocycles. The summed E-state index contributed by atoms with van der Waals surface area (Å²) in [4.78, 5) is 39.2. The summed E-state index contributed by atoms with van der Waals surface area (Å²) in [7, 11) is 0. The third-order valence-electron chi connectivity index (χ3n) is 4.55. The Bertz CT molecular complexity index is 1060. The predicted octanol–water partition coefficient (Wildman–Crippen LogP) is 3.56. The number of imide groups is 1. The maximum atomic E-state index is 13.0. The molecular weight excluding hydrogens is 359 g/mol. The molecule has 0 radical (unpaired) electrons. The minimum atomic E-state index is -0.459. The maximum absolute atomic E-state index is 13.0. The molecule has 0 unspecified atom stereocenters. The van der Waals surface area contributed by atoms with Crippen LogP contribution in [0.4, 0.5) is 10.1 Å². The van der Waals surface area contributed by atoms with Gasteiger partial charge in [-0.3, -0.25) is 14.4 Å². The van der Waals surface area contributed by atoms with Gasteiger partial charge in [-0.15, -0.1) is 0 Å². The summed E-state index contributed by atoms with van der Waals surface area (Å²) in [6, 6.07) is 18.8. The fourth-order valence-electron chi connectivity index (χ4n) is 3.15. The molecule has 1 heterocycles. The topological polar surface area (TPSA) is 66.5 Å². The van der Waals surface area contributed by atoms with Gasteiger partial charge in [0.25, 0.3) is 17.7 Å². The predicted molar refractivity (Wildman–Crippen MR) is 102 cm³/mol. The van der Waals surface area contributed by atoms with Crippen LogP contribution in [0, 0.1) is 5.82 Å². The van der Waals surface area contributed by atoms with Gasteiger partial charge in [0.15, 0.2) is 0 Å². The number of nitrogens with one attached hydrogen (secondary N) is 1. The molecule has 0 bridgehead atoms. The van der Waals surface area contributed by atoms with Gasteiger partial charge in [-0.1, -0.05) is 36.4 Å². The van der Waals surface area contributed by atoms with Crippen molar-refractivity contribution in [3.8, 4) is 0 Å². The summed E-state index contributed by atoms with van der Waals surface area (Å²) in [5, 5.41) is 2.74. The van der Waals surface area contributed by atoms with Crippen molar-refractivity contribution < 1.29 is 18.8 Å². The first-order chi connectivity index (χ1) is 13.6. The van der Waals surface area contributed by atoms with E-state index in [4.69, 9.17) is 0 Å². The van der Waals surface area contributed by atoms with E-state index in [1.807, 2.05) is 0 Å². The van der Waals surface area contributed by atoms with Crippen LogP contribution in [0.5, 0.6) is 0 Å². The van der Waals surface area contributed by atoms with Crippen LogP contribution in [0.25, 0.3) is 0 Å². The van der Waals surface area contributed by atoms with Crippen molar-refractivity contribution in [1.29, 1.82) is 0 Å². The zero-order valence-electron chi connectivity index (χ0n) is 14.7. The minimum absolute atomic E-state index is 0.190. The number of benzene rings is 3. The number of carbonyl (C=O) groups excluding carboxylic acids is 3. The van der Waals surface area contributed by atoms with E-state index < -0.39 is 17.7 Å². The molecule has 0 atom stereocenters. The molecule has 1 aliphatic rings. The van der Waals surface area contributed by atoms with Crippen molar-refractivity contribution in [3.63, 3.8) is 0 Å². The molecule has 3 aromatic carbocycles. The molecule has 0 saturated heterocycles. The molecule has 3 amide bonds. The first kappa shape index (κ1) is 17.6. The quantitative estimate of drug-likeness (QED) is 0.710. The molecule has 6 heteroatoms. The Kier molecular flexibility index (Phi) is 4.45. The lowest BCUT2D eigenvalue weighted by atomic mass is 10.1. The van der Waals surface area contributed by atoms with Crippen LogP contribution >= 0.6 is 0 Å². The molecular formula is C22H15FN2O3. The normalized spacial score (nSPS) is 12.8. The smallest absolute Gasteiger partial charge is 0.266 e. The molecule has 1 aliphatic heterocycles. The van der Waals surface area contributed by atoms with Crippen LogP contribution in [0.1, 0.15) is 36.6 Å². The second kappa shape index (κ2) is 7.08. The zero-order valence-corrected chi connectivity index (χ0v) is 14.7. The van der Waals surface area contributed by atoms with Crippen molar-refractivity contribution >= 4 is 23.4 Å². The SMILES string of the molecule is O=C(NCc1ccc(F)cc1)c1ccccc1N1C(=O)c2ccccc2C1=O. The zero-order chi connectivity index (χ0) is 19.7. The van der Waals surface area contributed by atoms with Gasteiger partial charge in [-0.05, 0) is 42.0 Å². The first-order valence-electron chi connectivity index (χ1n) is 8.66. The number of para-hydroxylation sites is 1. The number of carbonyl (C=O) groups is 3. The Morgan fingerprint density at radius 1 is 0.821 bits per heavy atom. The summed E-state index contributed by atoms with van der Waals surface area (Å²) >= 11 is 0. The lowest BCUT2D eigenvalue weighted by Gasteiger charge is -2.18. The Morgan fingerprint density at radius 3 is 2.04 bits per heavy atom. The van der Waals surface area contributed by atoms with Crippen LogP contribution in [0.2, 0.25) is 0 Å². The van der Waals surface area contributed by atoms with Crippen molar-refractivity contribution in [2.75, 3.05) is 4.90 Å². The molecule has 3 aromatic rings. The first-order valence-corrected chi connectivity index (χ1v) is 8.66. The van der Waals surface area contributed by atoms with Gasteiger partial charge >= 0.3 is 0 Å². The number of anilines is 1. The van der Waals surface area contributed by atoms with E-state index in [0.717, 1.165) is 10.5 Å². The maximum Gasteiger partial charge on any atom is 0.266 e. The average Bonchev–Trinajstić information content (AvgIpc) is 2.98. The molecule has 5 nitrogen and oxygen atoms in total. The van der Waals surface area contributed by atoms with Gasteiger partial charge in [0.1, 0.15) is 5.82 Å². The fourth-order valence-corrected chi connectivity index (χ4v) is 3.15. The number of halogens is 1. The van der Waals surface area contributed by atoms with E-state index in [0.29, 0.717) is 11.1 Å². The monoisotopic (exact) mass is 374 g/mol. The van der Waals surface area contributed by atoms with Gasteiger partial charge in [0, 0.05) is 6.54 Å².